The number of amides is 2. The number of rotatable bonds is 13. The van der Waals surface area contributed by atoms with E-state index in [1.807, 2.05) is 5.32 Å². The highest BCUT2D eigenvalue weighted by Gasteiger charge is 2.29. The third kappa shape index (κ3) is 10.4. The predicted molar refractivity (Wildman–Crippen MR) is 85.5 cm³/mol. The first-order valence-corrected chi connectivity index (χ1v) is 7.68. The first-order chi connectivity index (χ1) is 12.4. The smallest absolute Gasteiger partial charge is 0.326 e. The summed E-state index contributed by atoms with van der Waals surface area (Å²) in [6, 6.07) is -4.59. The van der Waals surface area contributed by atoms with Gasteiger partial charge in [-0.1, -0.05) is 0 Å². The minimum Gasteiger partial charge on any atom is -0.481 e. The summed E-state index contributed by atoms with van der Waals surface area (Å²) in [5, 5.41) is 39.0. The van der Waals surface area contributed by atoms with E-state index in [0.717, 1.165) is 0 Å². The number of hydrogen-bond acceptors (Lipinski definition) is 7. The van der Waals surface area contributed by atoms with Crippen LogP contribution in [0.2, 0.25) is 0 Å². The summed E-state index contributed by atoms with van der Waals surface area (Å²) in [4.78, 5) is 67.0. The van der Waals surface area contributed by atoms with Crippen molar-refractivity contribution in [1.82, 2.24) is 10.6 Å². The molecular formula is C14H21N3O10. The Bertz CT molecular complexity index is 606. The van der Waals surface area contributed by atoms with Crippen LogP contribution in [-0.2, 0) is 28.8 Å². The second-order valence-electron chi connectivity index (χ2n) is 5.53. The monoisotopic (exact) mass is 391 g/mol. The Morgan fingerprint density at radius 2 is 1.15 bits per heavy atom. The van der Waals surface area contributed by atoms with Crippen LogP contribution in [0.4, 0.5) is 0 Å². The van der Waals surface area contributed by atoms with E-state index < -0.39 is 85.9 Å². The fraction of sp³-hybridized carbons (Fsp3) is 0.571. The van der Waals surface area contributed by atoms with Crippen molar-refractivity contribution in [2.75, 3.05) is 0 Å². The molecule has 0 unspecified atom stereocenters. The SMILES string of the molecule is N[C@@H](CC(=O)O)C(=O)N[C@H](CCC(=O)O)C(=O)N[C@H](CCC(=O)O)C(=O)O. The van der Waals surface area contributed by atoms with Gasteiger partial charge in [-0.3, -0.25) is 24.0 Å². The van der Waals surface area contributed by atoms with E-state index in [2.05, 4.69) is 5.32 Å². The van der Waals surface area contributed by atoms with E-state index in [9.17, 15) is 28.8 Å². The minimum absolute atomic E-state index is 0.419. The molecule has 13 nitrogen and oxygen atoms in total. The maximum absolute atomic E-state index is 12.2. The lowest BCUT2D eigenvalue weighted by Gasteiger charge is -2.22. The Kier molecular flexibility index (Phi) is 10.0. The maximum Gasteiger partial charge on any atom is 0.326 e. The Morgan fingerprint density at radius 1 is 0.704 bits per heavy atom. The van der Waals surface area contributed by atoms with E-state index in [1.54, 1.807) is 0 Å². The topological polar surface area (TPSA) is 233 Å². The van der Waals surface area contributed by atoms with Gasteiger partial charge >= 0.3 is 23.9 Å². The van der Waals surface area contributed by atoms with Crippen LogP contribution in [0.1, 0.15) is 32.1 Å². The second-order valence-corrected chi connectivity index (χ2v) is 5.53. The molecule has 0 saturated carbocycles. The molecule has 0 rings (SSSR count). The average Bonchev–Trinajstić information content (AvgIpc) is 2.53. The van der Waals surface area contributed by atoms with Crippen LogP contribution < -0.4 is 16.4 Å². The summed E-state index contributed by atoms with van der Waals surface area (Å²) in [5.74, 6) is -7.58. The van der Waals surface area contributed by atoms with Gasteiger partial charge in [-0.15, -0.1) is 0 Å². The van der Waals surface area contributed by atoms with Gasteiger partial charge in [0, 0.05) is 12.8 Å². The van der Waals surface area contributed by atoms with Crippen LogP contribution in [0.25, 0.3) is 0 Å². The van der Waals surface area contributed by atoms with Crippen LogP contribution in [0, 0.1) is 0 Å². The maximum atomic E-state index is 12.2. The van der Waals surface area contributed by atoms with E-state index in [0.29, 0.717) is 0 Å². The molecule has 0 aliphatic heterocycles. The van der Waals surface area contributed by atoms with Crippen LogP contribution >= 0.6 is 0 Å². The van der Waals surface area contributed by atoms with Crippen molar-refractivity contribution in [3.05, 3.63) is 0 Å². The van der Waals surface area contributed by atoms with Gasteiger partial charge in [-0.05, 0) is 12.8 Å². The van der Waals surface area contributed by atoms with Crippen molar-refractivity contribution in [2.24, 2.45) is 5.73 Å². The van der Waals surface area contributed by atoms with Crippen LogP contribution in [0.5, 0.6) is 0 Å². The zero-order valence-electron chi connectivity index (χ0n) is 14.1. The molecule has 152 valence electrons. The molecule has 0 spiro atoms. The third-order valence-corrected chi connectivity index (χ3v) is 3.27. The van der Waals surface area contributed by atoms with Crippen molar-refractivity contribution < 1.29 is 49.2 Å². The molecule has 0 aromatic heterocycles. The van der Waals surface area contributed by atoms with Gasteiger partial charge in [0.05, 0.1) is 12.5 Å². The molecule has 0 heterocycles. The number of carbonyl (C=O) groups excluding carboxylic acids is 2. The lowest BCUT2D eigenvalue weighted by Crippen LogP contribution is -2.54. The highest BCUT2D eigenvalue weighted by atomic mass is 16.4. The quantitative estimate of drug-likeness (QED) is 0.174. The van der Waals surface area contributed by atoms with Gasteiger partial charge < -0.3 is 36.8 Å². The summed E-state index contributed by atoms with van der Waals surface area (Å²) in [6.45, 7) is 0. The Balaban J connectivity index is 5.12. The average molecular weight is 391 g/mol. The van der Waals surface area contributed by atoms with Gasteiger partial charge in [0.2, 0.25) is 11.8 Å². The molecule has 0 aromatic rings. The Hall–Kier alpha value is -3.22. The fourth-order valence-corrected chi connectivity index (χ4v) is 1.89. The number of carbonyl (C=O) groups is 6. The van der Waals surface area contributed by atoms with Crippen LogP contribution in [0.3, 0.4) is 0 Å². The molecule has 0 aliphatic rings. The highest BCUT2D eigenvalue weighted by molar-refractivity contribution is 5.93. The summed E-state index contributed by atoms with van der Waals surface area (Å²) in [6.07, 6.45) is -2.70. The molecule has 27 heavy (non-hydrogen) atoms. The van der Waals surface area contributed by atoms with Crippen LogP contribution in [-0.4, -0.2) is 74.2 Å². The molecule has 0 bridgehead atoms. The third-order valence-electron chi connectivity index (χ3n) is 3.27. The standard InChI is InChI=1S/C14H21N3O10/c15-6(5-11(22)23)12(24)16-7(1-3-9(18)19)13(25)17-8(14(26)27)2-4-10(20)21/h6-8H,1-5,15H2,(H,16,24)(H,17,25)(H,18,19)(H,20,21)(H,22,23)(H,26,27)/t6-,7+,8+/m0/s1. The van der Waals surface area contributed by atoms with Crippen molar-refractivity contribution in [2.45, 2.75) is 50.2 Å². The predicted octanol–water partition coefficient (Wildman–Crippen LogP) is -2.43. The second kappa shape index (κ2) is 11.4. The number of nitrogens with one attached hydrogen (secondary N) is 2. The lowest BCUT2D eigenvalue weighted by molar-refractivity contribution is -0.144. The van der Waals surface area contributed by atoms with Crippen LogP contribution in [0.15, 0.2) is 0 Å². The largest absolute Gasteiger partial charge is 0.481 e. The summed E-state index contributed by atoms with van der Waals surface area (Å²) < 4.78 is 0. The van der Waals surface area contributed by atoms with Gasteiger partial charge in [0.1, 0.15) is 12.1 Å². The molecule has 13 heteroatoms. The van der Waals surface area contributed by atoms with Gasteiger partial charge in [-0.2, -0.15) is 0 Å². The number of hydrogen-bond donors (Lipinski definition) is 7. The van der Waals surface area contributed by atoms with Crippen molar-refractivity contribution in [3.63, 3.8) is 0 Å². The van der Waals surface area contributed by atoms with E-state index in [1.165, 1.54) is 0 Å². The van der Waals surface area contributed by atoms with E-state index >= 15 is 0 Å². The summed E-state index contributed by atoms with van der Waals surface area (Å²) in [5.41, 5.74) is 5.35. The van der Waals surface area contributed by atoms with Gasteiger partial charge in [0.15, 0.2) is 0 Å². The highest BCUT2D eigenvalue weighted by Crippen LogP contribution is 2.04. The van der Waals surface area contributed by atoms with E-state index in [-0.39, 0.29) is 0 Å². The number of nitrogens with two attached hydrogens (primary N) is 1. The van der Waals surface area contributed by atoms with Crippen molar-refractivity contribution in [1.29, 1.82) is 0 Å². The number of aliphatic carboxylic acids is 4. The molecular weight excluding hydrogens is 370 g/mol. The van der Waals surface area contributed by atoms with Gasteiger partial charge in [0.25, 0.3) is 0 Å². The van der Waals surface area contributed by atoms with Gasteiger partial charge in [-0.25, -0.2) is 4.79 Å². The van der Waals surface area contributed by atoms with E-state index in [4.69, 9.17) is 26.2 Å². The number of carboxylic acids is 4. The molecule has 0 radical (unpaired) electrons. The molecule has 2 amide bonds. The Morgan fingerprint density at radius 3 is 1.56 bits per heavy atom. The van der Waals surface area contributed by atoms with Crippen molar-refractivity contribution >= 4 is 35.7 Å². The minimum atomic E-state index is -1.58. The van der Waals surface area contributed by atoms with Crippen molar-refractivity contribution in [3.8, 4) is 0 Å². The molecule has 0 aromatic carbocycles. The zero-order chi connectivity index (χ0) is 21.1. The first-order valence-electron chi connectivity index (χ1n) is 7.68. The summed E-state index contributed by atoms with van der Waals surface area (Å²) in [7, 11) is 0. The fourth-order valence-electron chi connectivity index (χ4n) is 1.89. The molecule has 0 saturated heterocycles. The first kappa shape index (κ1) is 23.8. The summed E-state index contributed by atoms with van der Waals surface area (Å²) >= 11 is 0. The zero-order valence-corrected chi connectivity index (χ0v) is 14.1. The normalized spacial score (nSPS) is 13.7. The molecule has 0 aliphatic carbocycles. The Labute approximate surface area is 152 Å². The number of carboxylic acid groups (broad SMARTS) is 4. The molecule has 8 N–H and O–H groups in total. The lowest BCUT2D eigenvalue weighted by atomic mass is 10.1. The molecule has 0 fully saturated rings. The molecule has 3 atom stereocenters.